The quantitative estimate of drug-likeness (QED) is 0.637. The van der Waals surface area contributed by atoms with E-state index in [1.54, 1.807) is 18.2 Å². The lowest BCUT2D eigenvalue weighted by atomic mass is 10.2. The molecule has 0 saturated carbocycles. The van der Waals surface area contributed by atoms with Gasteiger partial charge in [-0.2, -0.15) is 0 Å². The molecule has 0 unspecified atom stereocenters. The fourth-order valence-corrected chi connectivity index (χ4v) is 2.17. The van der Waals surface area contributed by atoms with Crippen molar-refractivity contribution in [3.05, 3.63) is 51.5 Å². The van der Waals surface area contributed by atoms with Crippen LogP contribution >= 0.6 is 11.6 Å². The van der Waals surface area contributed by atoms with Crippen molar-refractivity contribution in [3.63, 3.8) is 0 Å². The van der Waals surface area contributed by atoms with Crippen LogP contribution in [0.15, 0.2) is 36.4 Å². The number of nitro groups is 1. The van der Waals surface area contributed by atoms with Crippen molar-refractivity contribution in [3.8, 4) is 5.75 Å². The number of anilines is 3. The Morgan fingerprint density at radius 3 is 2.52 bits per heavy atom. The van der Waals surface area contributed by atoms with E-state index in [2.05, 4.69) is 10.6 Å². The van der Waals surface area contributed by atoms with Crippen LogP contribution in [0.25, 0.3) is 0 Å². The summed E-state index contributed by atoms with van der Waals surface area (Å²) in [5, 5.41) is 16.6. The van der Waals surface area contributed by atoms with Gasteiger partial charge in [0, 0.05) is 24.7 Å². The monoisotopic (exact) mass is 335 g/mol. The molecule has 120 valence electrons. The molecule has 2 aromatic rings. The minimum absolute atomic E-state index is 0.0977. The van der Waals surface area contributed by atoms with E-state index in [-0.39, 0.29) is 16.6 Å². The summed E-state index contributed by atoms with van der Waals surface area (Å²) < 4.78 is 5.25. The van der Waals surface area contributed by atoms with E-state index in [0.717, 1.165) is 0 Å². The Morgan fingerprint density at radius 1 is 1.22 bits per heavy atom. The Kier molecular flexibility index (Phi) is 5.02. The van der Waals surface area contributed by atoms with Gasteiger partial charge < -0.3 is 15.4 Å². The van der Waals surface area contributed by atoms with Gasteiger partial charge in [-0.15, -0.1) is 0 Å². The number of nitro benzene ring substituents is 1. The van der Waals surface area contributed by atoms with E-state index in [4.69, 9.17) is 16.3 Å². The number of carbonyl (C=O) groups is 1. The fourth-order valence-electron chi connectivity index (χ4n) is 1.95. The average Bonchev–Trinajstić information content (AvgIpc) is 2.49. The zero-order valence-corrected chi connectivity index (χ0v) is 13.2. The molecule has 7 nitrogen and oxygen atoms in total. The highest BCUT2D eigenvalue weighted by atomic mass is 35.5. The Hall–Kier alpha value is -2.80. The van der Waals surface area contributed by atoms with Crippen LogP contribution in [0.1, 0.15) is 6.92 Å². The molecular formula is C15H14ClN3O4. The van der Waals surface area contributed by atoms with Crippen LogP contribution in [-0.4, -0.2) is 17.9 Å². The lowest BCUT2D eigenvalue weighted by Gasteiger charge is -2.14. The molecule has 0 heterocycles. The van der Waals surface area contributed by atoms with Crippen molar-refractivity contribution in [2.45, 2.75) is 6.92 Å². The summed E-state index contributed by atoms with van der Waals surface area (Å²) in [6, 6.07) is 9.17. The molecule has 0 aromatic heterocycles. The number of carbonyl (C=O) groups excluding carboxylic acids is 1. The highest BCUT2D eigenvalue weighted by molar-refractivity contribution is 6.33. The zero-order valence-electron chi connectivity index (χ0n) is 12.4. The van der Waals surface area contributed by atoms with Gasteiger partial charge in [0.05, 0.1) is 28.4 Å². The third kappa shape index (κ3) is 4.10. The molecule has 0 radical (unpaired) electrons. The molecule has 0 bridgehead atoms. The lowest BCUT2D eigenvalue weighted by molar-refractivity contribution is -0.384. The number of benzene rings is 2. The van der Waals surface area contributed by atoms with Crippen LogP contribution < -0.4 is 15.4 Å². The van der Waals surface area contributed by atoms with Crippen molar-refractivity contribution in [1.82, 2.24) is 0 Å². The van der Waals surface area contributed by atoms with E-state index in [1.165, 1.54) is 32.2 Å². The van der Waals surface area contributed by atoms with Crippen molar-refractivity contribution in [2.24, 2.45) is 0 Å². The molecular weight excluding hydrogens is 322 g/mol. The molecule has 2 N–H and O–H groups in total. The summed E-state index contributed by atoms with van der Waals surface area (Å²) in [6.45, 7) is 1.41. The number of nitrogens with one attached hydrogen (secondary N) is 2. The van der Waals surface area contributed by atoms with Crippen molar-refractivity contribution in [2.75, 3.05) is 17.7 Å². The normalized spacial score (nSPS) is 10.0. The van der Waals surface area contributed by atoms with Gasteiger partial charge in [-0.25, -0.2) is 0 Å². The predicted octanol–water partition coefficient (Wildman–Crippen LogP) is 3.96. The molecule has 1 amide bonds. The second-order valence-electron chi connectivity index (χ2n) is 4.64. The van der Waals surface area contributed by atoms with Gasteiger partial charge in [0.15, 0.2) is 0 Å². The van der Waals surface area contributed by atoms with E-state index in [0.29, 0.717) is 22.8 Å². The summed E-state index contributed by atoms with van der Waals surface area (Å²) in [5.41, 5.74) is 1.53. The number of halogens is 1. The summed E-state index contributed by atoms with van der Waals surface area (Å²) in [6.07, 6.45) is 0. The van der Waals surface area contributed by atoms with Crippen LogP contribution in [0.4, 0.5) is 22.7 Å². The number of amides is 1. The maximum Gasteiger partial charge on any atom is 0.271 e. The van der Waals surface area contributed by atoms with E-state index in [1.807, 2.05) is 0 Å². The molecule has 0 fully saturated rings. The summed E-state index contributed by atoms with van der Waals surface area (Å²) >= 11 is 6.07. The number of non-ortho nitro benzene ring substituents is 1. The maximum absolute atomic E-state index is 11.1. The lowest BCUT2D eigenvalue weighted by Crippen LogP contribution is -2.06. The Balaban J connectivity index is 2.34. The van der Waals surface area contributed by atoms with Crippen molar-refractivity contribution >= 4 is 40.3 Å². The molecule has 0 aliphatic heterocycles. The van der Waals surface area contributed by atoms with Crippen LogP contribution in [0.3, 0.4) is 0 Å². The molecule has 0 atom stereocenters. The predicted molar refractivity (Wildman–Crippen MR) is 88.7 cm³/mol. The van der Waals surface area contributed by atoms with Gasteiger partial charge in [-0.1, -0.05) is 11.6 Å². The van der Waals surface area contributed by atoms with Crippen LogP contribution in [-0.2, 0) is 4.79 Å². The topological polar surface area (TPSA) is 93.5 Å². The van der Waals surface area contributed by atoms with E-state index in [9.17, 15) is 14.9 Å². The minimum atomic E-state index is -0.520. The highest BCUT2D eigenvalue weighted by Crippen LogP contribution is 2.34. The molecule has 2 aromatic carbocycles. The van der Waals surface area contributed by atoms with Gasteiger partial charge >= 0.3 is 0 Å². The molecule has 23 heavy (non-hydrogen) atoms. The highest BCUT2D eigenvalue weighted by Gasteiger charge is 2.12. The van der Waals surface area contributed by atoms with Gasteiger partial charge in [0.25, 0.3) is 5.69 Å². The first kappa shape index (κ1) is 16.6. The Bertz CT molecular complexity index is 764. The molecule has 2 rings (SSSR count). The summed E-state index contributed by atoms with van der Waals surface area (Å²) in [4.78, 5) is 21.4. The van der Waals surface area contributed by atoms with Crippen LogP contribution in [0.2, 0.25) is 5.02 Å². The largest absolute Gasteiger partial charge is 0.495 e. The van der Waals surface area contributed by atoms with Gasteiger partial charge in [0.2, 0.25) is 5.91 Å². The SMILES string of the molecule is COc1ccc(NC(C)=O)cc1Nc1ccc([N+](=O)[O-])cc1Cl. The first-order valence-electron chi connectivity index (χ1n) is 6.57. The van der Waals surface area contributed by atoms with Crippen LogP contribution in [0, 0.1) is 10.1 Å². The average molecular weight is 336 g/mol. The Labute approximate surface area is 137 Å². The standard InChI is InChI=1S/C15H14ClN3O4/c1-9(20)17-10-3-6-15(23-2)14(7-10)18-13-5-4-11(19(21)22)8-12(13)16/h3-8,18H,1-2H3,(H,17,20). The second kappa shape index (κ2) is 6.97. The third-order valence-corrected chi connectivity index (χ3v) is 3.27. The molecule has 8 heteroatoms. The third-order valence-electron chi connectivity index (χ3n) is 2.95. The molecule has 0 aliphatic carbocycles. The second-order valence-corrected chi connectivity index (χ2v) is 5.05. The van der Waals surface area contributed by atoms with Gasteiger partial charge in [-0.05, 0) is 24.3 Å². The maximum atomic E-state index is 11.1. The minimum Gasteiger partial charge on any atom is -0.495 e. The fraction of sp³-hybridized carbons (Fsp3) is 0.133. The number of methoxy groups -OCH3 is 1. The van der Waals surface area contributed by atoms with Gasteiger partial charge in [-0.3, -0.25) is 14.9 Å². The number of rotatable bonds is 5. The first-order valence-corrected chi connectivity index (χ1v) is 6.95. The van der Waals surface area contributed by atoms with Crippen molar-refractivity contribution < 1.29 is 14.5 Å². The zero-order chi connectivity index (χ0) is 17.0. The van der Waals surface area contributed by atoms with E-state index >= 15 is 0 Å². The first-order chi connectivity index (χ1) is 10.9. The number of hydrogen-bond acceptors (Lipinski definition) is 5. The van der Waals surface area contributed by atoms with Gasteiger partial charge in [0.1, 0.15) is 5.75 Å². The smallest absolute Gasteiger partial charge is 0.271 e. The Morgan fingerprint density at radius 2 is 1.96 bits per heavy atom. The van der Waals surface area contributed by atoms with E-state index < -0.39 is 4.92 Å². The van der Waals surface area contributed by atoms with Crippen LogP contribution in [0.5, 0.6) is 5.75 Å². The number of nitrogens with zero attached hydrogens (tertiary/aromatic N) is 1. The molecule has 0 aliphatic rings. The summed E-state index contributed by atoms with van der Waals surface area (Å²) in [7, 11) is 1.51. The number of hydrogen-bond donors (Lipinski definition) is 2. The number of ether oxygens (including phenoxy) is 1. The van der Waals surface area contributed by atoms with Crippen molar-refractivity contribution in [1.29, 1.82) is 0 Å². The molecule has 0 spiro atoms. The molecule has 0 saturated heterocycles. The summed E-state index contributed by atoms with van der Waals surface area (Å²) in [5.74, 6) is 0.336.